The van der Waals surface area contributed by atoms with Crippen molar-refractivity contribution >= 4 is 0 Å². The highest BCUT2D eigenvalue weighted by molar-refractivity contribution is 4.99. The number of rotatable bonds is 9. The summed E-state index contributed by atoms with van der Waals surface area (Å²) in [5, 5.41) is 2.99. The third-order valence-electron chi connectivity index (χ3n) is 1.98. The van der Waals surface area contributed by atoms with Crippen molar-refractivity contribution in [2.75, 3.05) is 26.9 Å². The standard InChI is InChI=1S/C11H20N2O3/c1-3-4-5-14-6-7-15-11-13-10(8-12-2)9-16-11/h9,12H,3-8H2,1-2H3. The Labute approximate surface area is 96.1 Å². The Morgan fingerprint density at radius 2 is 2.25 bits per heavy atom. The second-order valence-corrected chi connectivity index (χ2v) is 3.45. The lowest BCUT2D eigenvalue weighted by Gasteiger charge is -2.02. The molecule has 0 radical (unpaired) electrons. The number of oxazole rings is 1. The maximum absolute atomic E-state index is 5.34. The second kappa shape index (κ2) is 8.13. The fourth-order valence-corrected chi connectivity index (χ4v) is 1.15. The van der Waals surface area contributed by atoms with Crippen molar-refractivity contribution in [1.82, 2.24) is 10.3 Å². The maximum Gasteiger partial charge on any atom is 0.393 e. The second-order valence-electron chi connectivity index (χ2n) is 3.45. The SMILES string of the molecule is CCCCOCCOc1nc(CNC)co1. The minimum Gasteiger partial charge on any atom is -0.448 e. The molecule has 1 aromatic heterocycles. The molecule has 0 spiro atoms. The highest BCUT2D eigenvalue weighted by Gasteiger charge is 2.03. The molecule has 0 aliphatic carbocycles. The Kier molecular flexibility index (Phi) is 6.60. The van der Waals surface area contributed by atoms with E-state index in [4.69, 9.17) is 13.9 Å². The van der Waals surface area contributed by atoms with Gasteiger partial charge >= 0.3 is 6.08 Å². The summed E-state index contributed by atoms with van der Waals surface area (Å²) in [4.78, 5) is 4.13. The first kappa shape index (κ1) is 13.0. The van der Waals surface area contributed by atoms with Gasteiger partial charge in [-0.25, -0.2) is 0 Å². The Balaban J connectivity index is 2.07. The molecule has 0 saturated carbocycles. The number of aromatic nitrogens is 1. The number of hydrogen-bond acceptors (Lipinski definition) is 5. The van der Waals surface area contributed by atoms with E-state index in [2.05, 4.69) is 17.2 Å². The van der Waals surface area contributed by atoms with Gasteiger partial charge in [0, 0.05) is 13.2 Å². The molecule has 0 unspecified atom stereocenters. The summed E-state index contributed by atoms with van der Waals surface area (Å²) < 4.78 is 15.7. The number of unbranched alkanes of at least 4 members (excludes halogenated alkanes) is 1. The van der Waals surface area contributed by atoms with Crippen molar-refractivity contribution < 1.29 is 13.9 Å². The molecule has 5 nitrogen and oxygen atoms in total. The summed E-state index contributed by atoms with van der Waals surface area (Å²) >= 11 is 0. The van der Waals surface area contributed by atoms with Crippen LogP contribution in [0.25, 0.3) is 0 Å². The minimum atomic E-state index is 0.310. The van der Waals surface area contributed by atoms with E-state index in [-0.39, 0.29) is 0 Å². The fraction of sp³-hybridized carbons (Fsp3) is 0.727. The van der Waals surface area contributed by atoms with Gasteiger partial charge in [0.25, 0.3) is 0 Å². The van der Waals surface area contributed by atoms with Crippen molar-refractivity contribution in [3.8, 4) is 6.08 Å². The van der Waals surface area contributed by atoms with E-state index in [1.807, 2.05) is 7.05 Å². The molecule has 0 fully saturated rings. The Hall–Kier alpha value is -1.07. The molecule has 0 saturated heterocycles. The molecule has 1 aromatic rings. The highest BCUT2D eigenvalue weighted by Crippen LogP contribution is 2.09. The van der Waals surface area contributed by atoms with Crippen LogP contribution in [0.5, 0.6) is 6.08 Å². The Morgan fingerprint density at radius 3 is 3.00 bits per heavy atom. The van der Waals surface area contributed by atoms with E-state index in [9.17, 15) is 0 Å². The van der Waals surface area contributed by atoms with Gasteiger partial charge in [-0.05, 0) is 13.5 Å². The van der Waals surface area contributed by atoms with E-state index in [1.165, 1.54) is 0 Å². The first-order valence-electron chi connectivity index (χ1n) is 5.66. The van der Waals surface area contributed by atoms with Crippen LogP contribution in [0.3, 0.4) is 0 Å². The third-order valence-corrected chi connectivity index (χ3v) is 1.98. The normalized spacial score (nSPS) is 10.6. The molecule has 5 heteroatoms. The first-order valence-corrected chi connectivity index (χ1v) is 5.66. The average molecular weight is 228 g/mol. The van der Waals surface area contributed by atoms with Gasteiger partial charge in [0.2, 0.25) is 0 Å². The zero-order valence-corrected chi connectivity index (χ0v) is 9.99. The van der Waals surface area contributed by atoms with Crippen molar-refractivity contribution in [2.24, 2.45) is 0 Å². The Morgan fingerprint density at radius 1 is 1.38 bits per heavy atom. The summed E-state index contributed by atoms with van der Waals surface area (Å²) in [6, 6.07) is 0. The van der Waals surface area contributed by atoms with E-state index in [0.29, 0.717) is 25.8 Å². The van der Waals surface area contributed by atoms with Gasteiger partial charge in [-0.15, -0.1) is 0 Å². The van der Waals surface area contributed by atoms with Gasteiger partial charge in [0.15, 0.2) is 0 Å². The van der Waals surface area contributed by atoms with Crippen LogP contribution >= 0.6 is 0 Å². The van der Waals surface area contributed by atoms with Gasteiger partial charge in [0.1, 0.15) is 12.9 Å². The van der Waals surface area contributed by atoms with E-state index in [1.54, 1.807) is 6.26 Å². The Bertz CT molecular complexity index is 276. The molecule has 1 rings (SSSR count). The largest absolute Gasteiger partial charge is 0.448 e. The minimum absolute atomic E-state index is 0.310. The smallest absolute Gasteiger partial charge is 0.393 e. The molecule has 1 N–H and O–H groups in total. The summed E-state index contributed by atoms with van der Waals surface area (Å²) in [5.74, 6) is 0. The molecule has 0 bridgehead atoms. The molecule has 0 aliphatic heterocycles. The van der Waals surface area contributed by atoms with Crippen LogP contribution in [-0.2, 0) is 11.3 Å². The summed E-state index contributed by atoms with van der Waals surface area (Å²) in [6.45, 7) is 4.65. The summed E-state index contributed by atoms with van der Waals surface area (Å²) in [7, 11) is 1.86. The van der Waals surface area contributed by atoms with Crippen LogP contribution in [0.15, 0.2) is 10.7 Å². The van der Waals surface area contributed by atoms with E-state index in [0.717, 1.165) is 25.1 Å². The number of nitrogens with one attached hydrogen (secondary N) is 1. The van der Waals surface area contributed by atoms with E-state index < -0.39 is 0 Å². The number of hydrogen-bond donors (Lipinski definition) is 1. The molecule has 0 aliphatic rings. The van der Waals surface area contributed by atoms with Crippen molar-refractivity contribution in [2.45, 2.75) is 26.3 Å². The van der Waals surface area contributed by atoms with Crippen molar-refractivity contribution in [3.05, 3.63) is 12.0 Å². The summed E-state index contributed by atoms with van der Waals surface area (Å²) in [6.07, 6.45) is 4.13. The quantitative estimate of drug-likeness (QED) is 0.650. The predicted molar refractivity (Wildman–Crippen MR) is 60.5 cm³/mol. The predicted octanol–water partition coefficient (Wildman–Crippen LogP) is 1.59. The molecule has 0 aromatic carbocycles. The molecule has 0 atom stereocenters. The highest BCUT2D eigenvalue weighted by atomic mass is 16.6. The zero-order valence-electron chi connectivity index (χ0n) is 9.99. The van der Waals surface area contributed by atoms with Crippen LogP contribution in [0.1, 0.15) is 25.5 Å². The fourth-order valence-electron chi connectivity index (χ4n) is 1.15. The molecular weight excluding hydrogens is 208 g/mol. The molecule has 92 valence electrons. The molecule has 16 heavy (non-hydrogen) atoms. The molecule has 0 amide bonds. The van der Waals surface area contributed by atoms with Crippen molar-refractivity contribution in [1.29, 1.82) is 0 Å². The maximum atomic E-state index is 5.34. The first-order chi connectivity index (χ1) is 7.86. The monoisotopic (exact) mass is 228 g/mol. The van der Waals surface area contributed by atoms with Gasteiger partial charge in [0.05, 0.1) is 12.3 Å². The number of ether oxygens (including phenoxy) is 2. The van der Waals surface area contributed by atoms with Gasteiger partial charge in [-0.2, -0.15) is 4.98 Å². The van der Waals surface area contributed by atoms with Crippen LogP contribution in [0.2, 0.25) is 0 Å². The number of nitrogens with zero attached hydrogens (tertiary/aromatic N) is 1. The van der Waals surface area contributed by atoms with Gasteiger partial charge in [-0.3, -0.25) is 0 Å². The average Bonchev–Trinajstić information content (AvgIpc) is 2.72. The van der Waals surface area contributed by atoms with Crippen molar-refractivity contribution in [3.63, 3.8) is 0 Å². The van der Waals surface area contributed by atoms with E-state index >= 15 is 0 Å². The molecular formula is C11H20N2O3. The lowest BCUT2D eigenvalue weighted by Crippen LogP contribution is -2.08. The lowest BCUT2D eigenvalue weighted by molar-refractivity contribution is 0.0864. The zero-order chi connectivity index (χ0) is 11.6. The van der Waals surface area contributed by atoms with Crippen LogP contribution in [0, 0.1) is 0 Å². The van der Waals surface area contributed by atoms with Crippen LogP contribution in [0.4, 0.5) is 0 Å². The van der Waals surface area contributed by atoms with Gasteiger partial charge < -0.3 is 19.2 Å². The summed E-state index contributed by atoms with van der Waals surface area (Å²) in [5.41, 5.74) is 0.837. The van der Waals surface area contributed by atoms with Crippen LogP contribution < -0.4 is 10.1 Å². The van der Waals surface area contributed by atoms with Crippen LogP contribution in [-0.4, -0.2) is 31.9 Å². The topological polar surface area (TPSA) is 56.5 Å². The van der Waals surface area contributed by atoms with Gasteiger partial charge in [-0.1, -0.05) is 13.3 Å². The molecule has 1 heterocycles. The third kappa shape index (κ3) is 5.14. The lowest BCUT2D eigenvalue weighted by atomic mass is 10.4.